The number of nitrogens with one attached hydrogen (secondary N) is 1. The number of aromatic amines is 1. The summed E-state index contributed by atoms with van der Waals surface area (Å²) in [7, 11) is 0. The highest BCUT2D eigenvalue weighted by molar-refractivity contribution is 6.01. The molecule has 0 spiro atoms. The van der Waals surface area contributed by atoms with Crippen molar-refractivity contribution in [2.24, 2.45) is 0 Å². The molecule has 6 nitrogen and oxygen atoms in total. The van der Waals surface area contributed by atoms with Gasteiger partial charge in [0, 0.05) is 29.9 Å². The zero-order valence-electron chi connectivity index (χ0n) is 17.9. The van der Waals surface area contributed by atoms with Crippen molar-refractivity contribution in [2.45, 2.75) is 31.7 Å². The van der Waals surface area contributed by atoms with E-state index >= 15 is 0 Å². The number of para-hydroxylation sites is 1. The molecule has 1 fully saturated rings. The van der Waals surface area contributed by atoms with E-state index < -0.39 is 5.54 Å². The summed E-state index contributed by atoms with van der Waals surface area (Å²) in [4.78, 5) is 33.5. The van der Waals surface area contributed by atoms with Crippen LogP contribution in [0.15, 0.2) is 48.5 Å². The van der Waals surface area contributed by atoms with Crippen molar-refractivity contribution in [3.05, 3.63) is 70.9 Å². The SMILES string of the molecule is CCc1ccc([C@H]2CN3C(=O)CN(CCO)C(=O)[C@@]3(C)c3[nH]c4ccccc4c32)cc1. The Balaban J connectivity index is 1.73. The first-order valence-corrected chi connectivity index (χ1v) is 10.9. The van der Waals surface area contributed by atoms with Gasteiger partial charge < -0.3 is 19.9 Å². The van der Waals surface area contributed by atoms with Crippen LogP contribution in [-0.2, 0) is 21.5 Å². The topological polar surface area (TPSA) is 76.6 Å². The fraction of sp³-hybridized carbons (Fsp3) is 0.360. The first kappa shape index (κ1) is 19.8. The molecule has 0 saturated carbocycles. The van der Waals surface area contributed by atoms with Gasteiger partial charge in [-0.15, -0.1) is 0 Å². The first-order chi connectivity index (χ1) is 15.0. The number of aromatic nitrogens is 1. The fourth-order valence-corrected chi connectivity index (χ4v) is 5.26. The van der Waals surface area contributed by atoms with Crippen LogP contribution in [0.1, 0.15) is 42.1 Å². The molecule has 0 unspecified atom stereocenters. The molecule has 0 aliphatic carbocycles. The molecule has 160 valence electrons. The molecule has 1 aromatic heterocycles. The minimum absolute atomic E-state index is 0.00599. The molecule has 6 heteroatoms. The van der Waals surface area contributed by atoms with E-state index in [0.29, 0.717) is 6.54 Å². The molecule has 0 radical (unpaired) electrons. The summed E-state index contributed by atoms with van der Waals surface area (Å²) in [5.74, 6) is -0.255. The molecular formula is C25H27N3O3. The normalized spacial score (nSPS) is 23.3. The van der Waals surface area contributed by atoms with Crippen molar-refractivity contribution < 1.29 is 14.7 Å². The van der Waals surface area contributed by atoms with E-state index in [1.54, 1.807) is 4.90 Å². The number of hydrogen-bond donors (Lipinski definition) is 2. The van der Waals surface area contributed by atoms with Crippen molar-refractivity contribution in [1.29, 1.82) is 0 Å². The van der Waals surface area contributed by atoms with Gasteiger partial charge in [0.15, 0.2) is 5.54 Å². The molecule has 3 aromatic rings. The third-order valence-electron chi connectivity index (χ3n) is 6.98. The second-order valence-corrected chi connectivity index (χ2v) is 8.63. The molecule has 3 heterocycles. The molecule has 0 bridgehead atoms. The van der Waals surface area contributed by atoms with Crippen LogP contribution in [0.25, 0.3) is 10.9 Å². The number of carbonyl (C=O) groups is 2. The number of aliphatic hydroxyl groups is 1. The minimum atomic E-state index is -1.11. The monoisotopic (exact) mass is 417 g/mol. The van der Waals surface area contributed by atoms with Gasteiger partial charge >= 0.3 is 0 Å². The molecule has 2 N–H and O–H groups in total. The number of rotatable bonds is 4. The van der Waals surface area contributed by atoms with E-state index in [1.165, 1.54) is 10.5 Å². The molecule has 2 aliphatic heterocycles. The Kier molecular flexibility index (Phi) is 4.63. The zero-order valence-corrected chi connectivity index (χ0v) is 17.9. The number of H-pyrrole nitrogens is 1. The Labute approximate surface area is 181 Å². The predicted molar refractivity (Wildman–Crippen MR) is 119 cm³/mol. The molecule has 2 amide bonds. The van der Waals surface area contributed by atoms with Crippen molar-refractivity contribution in [1.82, 2.24) is 14.8 Å². The Hall–Kier alpha value is -3.12. The van der Waals surface area contributed by atoms with Crippen LogP contribution in [0.3, 0.4) is 0 Å². The number of carbonyl (C=O) groups excluding carboxylic acids is 2. The molecular weight excluding hydrogens is 390 g/mol. The maximum Gasteiger partial charge on any atom is 0.255 e. The van der Waals surface area contributed by atoms with Gasteiger partial charge in [0.2, 0.25) is 5.91 Å². The summed E-state index contributed by atoms with van der Waals surface area (Å²) in [5.41, 5.74) is 4.13. The molecule has 2 atom stereocenters. The number of amides is 2. The zero-order chi connectivity index (χ0) is 21.8. The van der Waals surface area contributed by atoms with Gasteiger partial charge in [-0.05, 0) is 36.1 Å². The van der Waals surface area contributed by atoms with Gasteiger partial charge in [-0.3, -0.25) is 9.59 Å². The van der Waals surface area contributed by atoms with Crippen LogP contribution < -0.4 is 0 Å². The maximum atomic E-state index is 13.6. The largest absolute Gasteiger partial charge is 0.395 e. The third kappa shape index (κ3) is 2.82. The van der Waals surface area contributed by atoms with Crippen molar-refractivity contribution in [2.75, 3.05) is 26.2 Å². The Morgan fingerprint density at radius 1 is 1.13 bits per heavy atom. The third-order valence-corrected chi connectivity index (χ3v) is 6.98. The quantitative estimate of drug-likeness (QED) is 0.685. The lowest BCUT2D eigenvalue weighted by atomic mass is 9.76. The molecule has 5 rings (SSSR count). The summed E-state index contributed by atoms with van der Waals surface area (Å²) >= 11 is 0. The highest BCUT2D eigenvalue weighted by Crippen LogP contribution is 2.48. The number of aliphatic hydroxyl groups excluding tert-OH is 1. The fourth-order valence-electron chi connectivity index (χ4n) is 5.26. The van der Waals surface area contributed by atoms with E-state index in [2.05, 4.69) is 42.2 Å². The standard InChI is InChI=1S/C25H27N3O3/c1-3-16-8-10-17(11-9-16)19-14-28-21(30)15-27(12-13-29)24(31)25(28,2)23-22(19)18-6-4-5-7-20(18)26-23/h4-11,19,26,29H,3,12-15H2,1-2H3/t19-,25-/m1/s1. The molecule has 1 saturated heterocycles. The van der Waals surface area contributed by atoms with Gasteiger partial charge in [-0.1, -0.05) is 49.4 Å². The molecule has 31 heavy (non-hydrogen) atoms. The lowest BCUT2D eigenvalue weighted by molar-refractivity contribution is -0.166. The number of aryl methyl sites for hydroxylation is 1. The van der Waals surface area contributed by atoms with Crippen LogP contribution >= 0.6 is 0 Å². The second kappa shape index (κ2) is 7.24. The van der Waals surface area contributed by atoms with Crippen LogP contribution in [0.5, 0.6) is 0 Å². The van der Waals surface area contributed by atoms with E-state index in [1.807, 2.05) is 25.1 Å². The lowest BCUT2D eigenvalue weighted by Gasteiger charge is -2.51. The summed E-state index contributed by atoms with van der Waals surface area (Å²) in [5, 5.41) is 10.5. The second-order valence-electron chi connectivity index (χ2n) is 8.63. The van der Waals surface area contributed by atoms with Gasteiger partial charge in [0.25, 0.3) is 5.91 Å². The van der Waals surface area contributed by atoms with Crippen molar-refractivity contribution in [3.8, 4) is 0 Å². The van der Waals surface area contributed by atoms with Crippen molar-refractivity contribution in [3.63, 3.8) is 0 Å². The van der Waals surface area contributed by atoms with Crippen LogP contribution in [-0.4, -0.2) is 57.9 Å². The summed E-state index contributed by atoms with van der Waals surface area (Å²) in [6, 6.07) is 16.7. The van der Waals surface area contributed by atoms with E-state index in [4.69, 9.17) is 0 Å². The minimum Gasteiger partial charge on any atom is -0.395 e. The predicted octanol–water partition coefficient (Wildman–Crippen LogP) is 2.75. The highest BCUT2D eigenvalue weighted by atomic mass is 16.3. The lowest BCUT2D eigenvalue weighted by Crippen LogP contribution is -2.67. The van der Waals surface area contributed by atoms with E-state index in [-0.39, 0.29) is 37.4 Å². The van der Waals surface area contributed by atoms with E-state index in [0.717, 1.165) is 34.1 Å². The van der Waals surface area contributed by atoms with Gasteiger partial charge in [0.05, 0.1) is 18.8 Å². The van der Waals surface area contributed by atoms with E-state index in [9.17, 15) is 14.7 Å². The number of piperazine rings is 1. The van der Waals surface area contributed by atoms with Gasteiger partial charge in [-0.25, -0.2) is 0 Å². The Bertz CT molecular complexity index is 1170. The summed E-state index contributed by atoms with van der Waals surface area (Å²) in [6.07, 6.45) is 0.973. The number of nitrogens with zero attached hydrogens (tertiary/aromatic N) is 2. The summed E-state index contributed by atoms with van der Waals surface area (Å²) in [6.45, 7) is 4.42. The molecule has 2 aromatic carbocycles. The van der Waals surface area contributed by atoms with Gasteiger partial charge in [-0.2, -0.15) is 0 Å². The smallest absolute Gasteiger partial charge is 0.255 e. The number of hydrogen-bond acceptors (Lipinski definition) is 3. The average Bonchev–Trinajstić information content (AvgIpc) is 3.18. The molecule has 2 aliphatic rings. The number of β-amino-alcohol motifs (C(OH)–C–C–N with tert-alkyl or cyclic N) is 1. The maximum absolute atomic E-state index is 13.6. The van der Waals surface area contributed by atoms with Crippen LogP contribution in [0, 0.1) is 0 Å². The average molecular weight is 418 g/mol. The van der Waals surface area contributed by atoms with Crippen LogP contribution in [0.4, 0.5) is 0 Å². The number of fused-ring (bicyclic) bond motifs is 5. The Morgan fingerprint density at radius 3 is 2.58 bits per heavy atom. The Morgan fingerprint density at radius 2 is 1.87 bits per heavy atom. The van der Waals surface area contributed by atoms with Crippen LogP contribution in [0.2, 0.25) is 0 Å². The van der Waals surface area contributed by atoms with Crippen molar-refractivity contribution >= 4 is 22.7 Å². The first-order valence-electron chi connectivity index (χ1n) is 10.9. The van der Waals surface area contributed by atoms with Gasteiger partial charge in [0.1, 0.15) is 0 Å². The highest BCUT2D eigenvalue weighted by Gasteiger charge is 2.56. The summed E-state index contributed by atoms with van der Waals surface area (Å²) < 4.78 is 0. The number of benzene rings is 2.